The largest absolute Gasteiger partial charge is 0.387 e. The fraction of sp³-hybridized carbons (Fsp3) is 0.611. The van der Waals surface area contributed by atoms with Crippen molar-refractivity contribution in [1.29, 1.82) is 0 Å². The second-order valence-electron chi connectivity index (χ2n) is 7.36. The summed E-state index contributed by atoms with van der Waals surface area (Å²) in [5, 5.41) is 10.8. The third-order valence-corrected chi connectivity index (χ3v) is 4.85. The zero-order valence-corrected chi connectivity index (χ0v) is 14.7. The number of aryl methyl sites for hydroxylation is 2. The smallest absolute Gasteiger partial charge is 0.121 e. The number of aliphatic hydroxyl groups is 1. The van der Waals surface area contributed by atoms with Gasteiger partial charge in [0.05, 0.1) is 23.2 Å². The molecule has 2 aromatic rings. The Morgan fingerprint density at radius 2 is 2.13 bits per heavy atom. The number of nitrogens with one attached hydrogen (secondary N) is 1. The van der Waals surface area contributed by atoms with Crippen LogP contribution in [-0.4, -0.2) is 64.2 Å². The molecule has 1 saturated heterocycles. The zero-order valence-electron chi connectivity index (χ0n) is 14.7. The molecule has 1 aromatic carbocycles. The van der Waals surface area contributed by atoms with E-state index in [0.29, 0.717) is 13.1 Å². The predicted molar refractivity (Wildman–Crippen MR) is 93.6 cm³/mol. The van der Waals surface area contributed by atoms with Crippen LogP contribution in [0.2, 0.25) is 0 Å². The van der Waals surface area contributed by atoms with E-state index < -0.39 is 5.60 Å². The van der Waals surface area contributed by atoms with E-state index in [0.717, 1.165) is 42.8 Å². The number of benzene rings is 1. The van der Waals surface area contributed by atoms with Crippen LogP contribution in [0.5, 0.6) is 0 Å². The average Bonchev–Trinajstić information content (AvgIpc) is 2.85. The van der Waals surface area contributed by atoms with Crippen LogP contribution < -0.4 is 0 Å². The van der Waals surface area contributed by atoms with Crippen molar-refractivity contribution in [3.05, 3.63) is 29.1 Å². The quantitative estimate of drug-likeness (QED) is 0.907. The normalized spacial score (nSPS) is 23.0. The van der Waals surface area contributed by atoms with Crippen LogP contribution in [0.25, 0.3) is 11.0 Å². The molecule has 1 fully saturated rings. The lowest BCUT2D eigenvalue weighted by Crippen LogP contribution is -2.52. The summed E-state index contributed by atoms with van der Waals surface area (Å²) in [6.07, 6.45) is 1.91. The van der Waals surface area contributed by atoms with Gasteiger partial charge in [0.15, 0.2) is 0 Å². The fourth-order valence-electron chi connectivity index (χ4n) is 3.71. The highest BCUT2D eigenvalue weighted by Gasteiger charge is 2.33. The van der Waals surface area contributed by atoms with Gasteiger partial charge in [-0.3, -0.25) is 4.90 Å². The molecule has 0 radical (unpaired) electrons. The summed E-state index contributed by atoms with van der Waals surface area (Å²) in [5.41, 5.74) is 4.08. The molecule has 23 heavy (non-hydrogen) atoms. The SMILES string of the molecule is Cc1ccc2[nH]c(CN3CCCC(O)(CN(C)C)C3)nc2c1C. The molecule has 5 heteroatoms. The van der Waals surface area contributed by atoms with Gasteiger partial charge in [-0.15, -0.1) is 0 Å². The Morgan fingerprint density at radius 1 is 1.35 bits per heavy atom. The van der Waals surface area contributed by atoms with Crippen molar-refractivity contribution in [3.63, 3.8) is 0 Å². The molecule has 1 atom stereocenters. The minimum Gasteiger partial charge on any atom is -0.387 e. The number of nitrogens with zero attached hydrogens (tertiary/aromatic N) is 3. The average molecular weight is 316 g/mol. The maximum atomic E-state index is 10.8. The number of aromatic nitrogens is 2. The van der Waals surface area contributed by atoms with Crippen LogP contribution in [-0.2, 0) is 6.54 Å². The summed E-state index contributed by atoms with van der Waals surface area (Å²) in [6.45, 7) is 7.45. The Hall–Kier alpha value is -1.43. The van der Waals surface area contributed by atoms with E-state index in [-0.39, 0.29) is 0 Å². The van der Waals surface area contributed by atoms with Gasteiger partial charge in [0.25, 0.3) is 0 Å². The molecule has 1 aliphatic rings. The van der Waals surface area contributed by atoms with Gasteiger partial charge in [-0.2, -0.15) is 0 Å². The van der Waals surface area contributed by atoms with Gasteiger partial charge in [0.2, 0.25) is 0 Å². The third-order valence-electron chi connectivity index (χ3n) is 4.85. The molecule has 1 aromatic heterocycles. The number of β-amino-alcohol motifs (C(OH)–C–C–N with tert-alkyl or cyclic N) is 1. The van der Waals surface area contributed by atoms with E-state index >= 15 is 0 Å². The minimum absolute atomic E-state index is 0.611. The molecule has 1 aliphatic heterocycles. The highest BCUT2D eigenvalue weighted by atomic mass is 16.3. The van der Waals surface area contributed by atoms with E-state index in [1.807, 2.05) is 14.1 Å². The molecule has 0 bridgehead atoms. The van der Waals surface area contributed by atoms with Crippen molar-refractivity contribution < 1.29 is 5.11 Å². The highest BCUT2D eigenvalue weighted by Crippen LogP contribution is 2.24. The molecular weight excluding hydrogens is 288 g/mol. The van der Waals surface area contributed by atoms with Gasteiger partial charge in [-0.1, -0.05) is 6.07 Å². The van der Waals surface area contributed by atoms with Gasteiger partial charge in [0.1, 0.15) is 5.82 Å². The van der Waals surface area contributed by atoms with E-state index in [1.165, 1.54) is 11.1 Å². The summed E-state index contributed by atoms with van der Waals surface area (Å²) in [6, 6.07) is 4.24. The van der Waals surface area contributed by atoms with Crippen molar-refractivity contribution in [2.24, 2.45) is 0 Å². The second kappa shape index (κ2) is 6.23. The maximum absolute atomic E-state index is 10.8. The van der Waals surface area contributed by atoms with Gasteiger partial charge in [-0.05, 0) is 64.5 Å². The number of H-pyrrole nitrogens is 1. The number of hydrogen-bond acceptors (Lipinski definition) is 4. The first-order valence-corrected chi connectivity index (χ1v) is 8.41. The van der Waals surface area contributed by atoms with E-state index in [2.05, 4.69) is 40.8 Å². The van der Waals surface area contributed by atoms with Gasteiger partial charge < -0.3 is 15.0 Å². The summed E-state index contributed by atoms with van der Waals surface area (Å²) in [5.74, 6) is 0.989. The number of likely N-dealkylation sites (tertiary alicyclic amines) is 1. The Morgan fingerprint density at radius 3 is 2.87 bits per heavy atom. The molecule has 0 spiro atoms. The number of hydrogen-bond donors (Lipinski definition) is 2. The molecule has 0 amide bonds. The number of aromatic amines is 1. The van der Waals surface area contributed by atoms with Crippen molar-refractivity contribution in [1.82, 2.24) is 19.8 Å². The van der Waals surface area contributed by atoms with Gasteiger partial charge in [0, 0.05) is 13.1 Å². The highest BCUT2D eigenvalue weighted by molar-refractivity contribution is 5.79. The van der Waals surface area contributed by atoms with E-state index in [4.69, 9.17) is 4.98 Å². The Labute approximate surface area is 138 Å². The number of rotatable bonds is 4. The summed E-state index contributed by atoms with van der Waals surface area (Å²) < 4.78 is 0. The number of imidazole rings is 1. The van der Waals surface area contributed by atoms with E-state index in [1.54, 1.807) is 0 Å². The van der Waals surface area contributed by atoms with Gasteiger partial charge in [-0.25, -0.2) is 4.98 Å². The molecule has 2 heterocycles. The first-order valence-electron chi connectivity index (χ1n) is 8.41. The summed E-state index contributed by atoms with van der Waals surface area (Å²) in [7, 11) is 4.03. The van der Waals surface area contributed by atoms with Gasteiger partial charge >= 0.3 is 0 Å². The molecule has 2 N–H and O–H groups in total. The number of fused-ring (bicyclic) bond motifs is 1. The molecule has 0 aliphatic carbocycles. The van der Waals surface area contributed by atoms with Crippen molar-refractivity contribution in [3.8, 4) is 0 Å². The maximum Gasteiger partial charge on any atom is 0.121 e. The van der Waals surface area contributed by atoms with Crippen LogP contribution in [0.3, 0.4) is 0 Å². The van der Waals surface area contributed by atoms with Crippen LogP contribution in [0.4, 0.5) is 0 Å². The molecule has 126 valence electrons. The first kappa shape index (κ1) is 16.4. The molecule has 1 unspecified atom stereocenters. The molecule has 3 rings (SSSR count). The monoisotopic (exact) mass is 316 g/mol. The third kappa shape index (κ3) is 3.57. The summed E-state index contributed by atoms with van der Waals surface area (Å²) in [4.78, 5) is 12.6. The predicted octanol–water partition coefficient (Wildman–Crippen LogP) is 2.07. The number of likely N-dealkylation sites (N-methyl/N-ethyl adjacent to an activating group) is 1. The Kier molecular flexibility index (Phi) is 4.45. The van der Waals surface area contributed by atoms with Crippen molar-refractivity contribution in [2.45, 2.75) is 38.8 Å². The lowest BCUT2D eigenvalue weighted by Gasteiger charge is -2.40. The minimum atomic E-state index is -0.611. The Bertz CT molecular complexity index is 694. The van der Waals surface area contributed by atoms with Crippen LogP contribution in [0.15, 0.2) is 12.1 Å². The first-order chi connectivity index (χ1) is 10.9. The lowest BCUT2D eigenvalue weighted by molar-refractivity contribution is -0.0484. The van der Waals surface area contributed by atoms with E-state index in [9.17, 15) is 5.11 Å². The lowest BCUT2D eigenvalue weighted by atomic mass is 9.92. The van der Waals surface area contributed by atoms with Crippen LogP contribution in [0.1, 0.15) is 29.8 Å². The standard InChI is InChI=1S/C18H28N4O/c1-13-6-7-15-17(14(13)2)20-16(19-15)10-22-9-5-8-18(23,12-22)11-21(3)4/h6-7,23H,5,8-12H2,1-4H3,(H,19,20). The summed E-state index contributed by atoms with van der Waals surface area (Å²) >= 11 is 0. The Balaban J connectivity index is 1.75. The molecule has 5 nitrogen and oxygen atoms in total. The van der Waals surface area contributed by atoms with Crippen molar-refractivity contribution in [2.75, 3.05) is 33.7 Å². The molecular formula is C18H28N4O. The molecule has 0 saturated carbocycles. The van der Waals surface area contributed by atoms with Crippen LogP contribution in [0, 0.1) is 13.8 Å². The second-order valence-corrected chi connectivity index (χ2v) is 7.36. The topological polar surface area (TPSA) is 55.4 Å². The fourth-order valence-corrected chi connectivity index (χ4v) is 3.71. The number of piperidine rings is 1. The van der Waals surface area contributed by atoms with Crippen LogP contribution >= 0.6 is 0 Å². The zero-order chi connectivity index (χ0) is 16.6. The van der Waals surface area contributed by atoms with Crippen molar-refractivity contribution >= 4 is 11.0 Å².